The smallest absolute Gasteiger partial charge is 0.303 e. The van der Waals surface area contributed by atoms with Crippen LogP contribution < -0.4 is 9.79 Å². The normalized spacial score (nSPS) is 16.3. The number of hydrogen-bond donors (Lipinski definition) is 2. The van der Waals surface area contributed by atoms with E-state index in [1.165, 1.54) is 12.3 Å². The van der Waals surface area contributed by atoms with E-state index in [-0.39, 0.29) is 30.2 Å². The number of carboxylic acids is 1. The summed E-state index contributed by atoms with van der Waals surface area (Å²) >= 11 is 0. The lowest BCUT2D eigenvalue weighted by Crippen LogP contribution is -2.36. The van der Waals surface area contributed by atoms with Crippen molar-refractivity contribution in [3.05, 3.63) is 54.6 Å². The molecule has 186 valence electrons. The van der Waals surface area contributed by atoms with Crippen molar-refractivity contribution in [3.8, 4) is 11.1 Å². The number of pyridine rings is 1. The van der Waals surface area contributed by atoms with Gasteiger partial charge in [-0.2, -0.15) is 4.39 Å². The first-order valence-corrected chi connectivity index (χ1v) is 12.6. The van der Waals surface area contributed by atoms with Crippen molar-refractivity contribution in [2.45, 2.75) is 25.2 Å². The number of aromatic nitrogens is 4. The van der Waals surface area contributed by atoms with Gasteiger partial charge in [0.15, 0.2) is 0 Å². The molecule has 1 aliphatic heterocycles. The maximum Gasteiger partial charge on any atom is 0.303 e. The highest BCUT2D eigenvalue weighted by Crippen LogP contribution is 2.40. The highest BCUT2D eigenvalue weighted by molar-refractivity contribution is 7.92. The van der Waals surface area contributed by atoms with Crippen LogP contribution in [0.5, 0.6) is 0 Å². The Bertz CT molecular complexity index is 1290. The second-order valence-corrected chi connectivity index (χ2v) is 10.0. The van der Waals surface area contributed by atoms with Crippen LogP contribution in [-0.2, 0) is 26.7 Å². The average Bonchev–Trinajstić information content (AvgIpc) is 3.25. The third-order valence-corrected chi connectivity index (χ3v) is 6.97. The number of aryl methyl sites for hydroxylation is 1. The Hall–Kier alpha value is -3.58. The van der Waals surface area contributed by atoms with Crippen molar-refractivity contribution in [2.24, 2.45) is 7.05 Å². The number of carbonyl (C=O) groups is 1. The first kappa shape index (κ1) is 24.5. The van der Waals surface area contributed by atoms with E-state index in [4.69, 9.17) is 9.94 Å². The van der Waals surface area contributed by atoms with Crippen LogP contribution in [0.25, 0.3) is 11.1 Å². The van der Waals surface area contributed by atoms with Crippen LogP contribution >= 0.6 is 0 Å². The number of anilines is 2. The number of sulfonamides is 1. The lowest BCUT2D eigenvalue weighted by atomic mass is 10.0. The fraction of sp³-hybridized carbons (Fsp3) is 0.364. The van der Waals surface area contributed by atoms with Gasteiger partial charge in [0.2, 0.25) is 16.0 Å². The van der Waals surface area contributed by atoms with Crippen LogP contribution in [0.15, 0.2) is 42.9 Å². The third kappa shape index (κ3) is 5.92. The van der Waals surface area contributed by atoms with Gasteiger partial charge in [0.25, 0.3) is 0 Å². The molecular weight excluding hydrogens is 479 g/mol. The summed E-state index contributed by atoms with van der Waals surface area (Å²) in [7, 11) is -1.98. The molecule has 0 amide bonds. The van der Waals surface area contributed by atoms with Crippen molar-refractivity contribution in [3.63, 3.8) is 0 Å². The van der Waals surface area contributed by atoms with Crippen LogP contribution in [0, 0.1) is 5.95 Å². The largest absolute Gasteiger partial charge is 0.481 e. The summed E-state index contributed by atoms with van der Waals surface area (Å²) in [6.45, 7) is 0.726. The highest BCUT2D eigenvalue weighted by Gasteiger charge is 2.29. The fourth-order valence-electron chi connectivity index (χ4n) is 3.94. The minimum atomic E-state index is -3.84. The number of halogens is 1. The fourth-order valence-corrected chi connectivity index (χ4v) is 5.06. The zero-order valence-corrected chi connectivity index (χ0v) is 19.8. The molecule has 13 heteroatoms. The minimum absolute atomic E-state index is 0.00885. The summed E-state index contributed by atoms with van der Waals surface area (Å²) in [6, 6.07) is 7.82. The number of nitrogens with zero attached hydrogens (tertiary/aromatic N) is 5. The standard InChI is InChI=1S/C22H25FN6O5S/c1-28-14-25-26-22(28)16-9-10-29(34-13-16)21-17(15-7-8-19(23)24-12-15)4-2-5-18(21)27-35(32,33)11-3-6-20(30)31/h2,4-5,7-8,12,14,16,27H,3,6,9-11,13H2,1H3,(H,30,31). The Morgan fingerprint density at radius 1 is 1.31 bits per heavy atom. The van der Waals surface area contributed by atoms with Gasteiger partial charge in [-0.1, -0.05) is 12.1 Å². The summed E-state index contributed by atoms with van der Waals surface area (Å²) in [5.41, 5.74) is 1.89. The molecule has 0 bridgehead atoms. The molecule has 1 unspecified atom stereocenters. The van der Waals surface area contributed by atoms with Crippen LogP contribution in [0.3, 0.4) is 0 Å². The predicted octanol–water partition coefficient (Wildman–Crippen LogP) is 2.55. The molecule has 3 aromatic rings. The number of rotatable bonds is 9. The molecule has 1 aliphatic rings. The zero-order valence-electron chi connectivity index (χ0n) is 19.0. The second kappa shape index (κ2) is 10.4. The van der Waals surface area contributed by atoms with E-state index in [2.05, 4.69) is 19.9 Å². The molecule has 1 fully saturated rings. The molecule has 11 nitrogen and oxygen atoms in total. The van der Waals surface area contributed by atoms with Crippen molar-refractivity contribution in [1.82, 2.24) is 19.7 Å². The van der Waals surface area contributed by atoms with Gasteiger partial charge in [0.05, 0.1) is 23.7 Å². The SMILES string of the molecule is Cn1cnnc1C1CCN(c2c(NS(=O)(=O)CCCC(=O)O)cccc2-c2ccc(F)nc2)OC1. The lowest BCUT2D eigenvalue weighted by molar-refractivity contribution is -0.137. The summed E-state index contributed by atoms with van der Waals surface area (Å²) in [5, 5.41) is 18.5. The Balaban J connectivity index is 1.64. The molecule has 0 saturated carbocycles. The molecule has 2 aromatic heterocycles. The summed E-state index contributed by atoms with van der Waals surface area (Å²) < 4.78 is 43.3. The Labute approximate surface area is 201 Å². The molecule has 35 heavy (non-hydrogen) atoms. The molecule has 2 N–H and O–H groups in total. The number of benzene rings is 1. The summed E-state index contributed by atoms with van der Waals surface area (Å²) in [5.74, 6) is -1.25. The Morgan fingerprint density at radius 2 is 2.14 bits per heavy atom. The zero-order chi connectivity index (χ0) is 25.0. The van der Waals surface area contributed by atoms with E-state index in [0.29, 0.717) is 36.4 Å². The van der Waals surface area contributed by atoms with Crippen molar-refractivity contribution < 1.29 is 27.5 Å². The number of para-hydroxylation sites is 1. The number of hydrogen-bond acceptors (Lipinski definition) is 8. The Kier molecular flexibility index (Phi) is 7.26. The first-order chi connectivity index (χ1) is 16.7. The predicted molar refractivity (Wildman–Crippen MR) is 126 cm³/mol. The highest BCUT2D eigenvalue weighted by atomic mass is 32.2. The van der Waals surface area contributed by atoms with Gasteiger partial charge >= 0.3 is 5.97 Å². The summed E-state index contributed by atoms with van der Waals surface area (Å²) in [6.07, 6.45) is 3.38. The van der Waals surface area contributed by atoms with Crippen LogP contribution in [0.1, 0.15) is 31.0 Å². The first-order valence-electron chi connectivity index (χ1n) is 10.9. The van der Waals surface area contributed by atoms with Crippen molar-refractivity contribution in [1.29, 1.82) is 0 Å². The van der Waals surface area contributed by atoms with Gasteiger partial charge < -0.3 is 9.67 Å². The van der Waals surface area contributed by atoms with Gasteiger partial charge in [0.1, 0.15) is 12.2 Å². The molecule has 0 spiro atoms. The van der Waals surface area contributed by atoms with E-state index in [9.17, 15) is 17.6 Å². The minimum Gasteiger partial charge on any atom is -0.481 e. The topological polar surface area (TPSA) is 140 Å². The summed E-state index contributed by atoms with van der Waals surface area (Å²) in [4.78, 5) is 20.6. The van der Waals surface area contributed by atoms with Gasteiger partial charge in [-0.3, -0.25) is 19.4 Å². The van der Waals surface area contributed by atoms with Crippen molar-refractivity contribution >= 4 is 27.4 Å². The van der Waals surface area contributed by atoms with Crippen LogP contribution in [-0.4, -0.2) is 58.1 Å². The third-order valence-electron chi connectivity index (χ3n) is 5.62. The number of nitrogens with one attached hydrogen (secondary N) is 1. The second-order valence-electron chi connectivity index (χ2n) is 8.17. The van der Waals surface area contributed by atoms with Gasteiger partial charge in [-0.25, -0.2) is 13.4 Å². The molecule has 4 rings (SSSR count). The van der Waals surface area contributed by atoms with Crippen molar-refractivity contribution in [2.75, 3.05) is 28.7 Å². The van der Waals surface area contributed by atoms with E-state index in [1.807, 2.05) is 11.6 Å². The van der Waals surface area contributed by atoms with Gasteiger partial charge in [-0.15, -0.1) is 10.2 Å². The Morgan fingerprint density at radius 3 is 2.77 bits per heavy atom. The number of aliphatic carboxylic acids is 1. The maximum absolute atomic E-state index is 13.5. The van der Waals surface area contributed by atoms with Gasteiger partial charge in [-0.05, 0) is 31.0 Å². The quantitative estimate of drug-likeness (QED) is 0.421. The number of hydroxylamine groups is 1. The molecule has 0 aliphatic carbocycles. The number of carboxylic acid groups (broad SMARTS) is 1. The monoisotopic (exact) mass is 504 g/mol. The average molecular weight is 505 g/mol. The van der Waals surface area contributed by atoms with E-state index >= 15 is 0 Å². The maximum atomic E-state index is 13.5. The van der Waals surface area contributed by atoms with E-state index in [1.54, 1.807) is 35.7 Å². The molecule has 1 atom stereocenters. The molecule has 1 aromatic carbocycles. The molecule has 0 radical (unpaired) electrons. The molecule has 3 heterocycles. The molecule has 1 saturated heterocycles. The van der Waals surface area contributed by atoms with Gasteiger partial charge in [0, 0.05) is 43.3 Å². The van der Waals surface area contributed by atoms with E-state index in [0.717, 1.165) is 5.82 Å². The lowest BCUT2D eigenvalue weighted by Gasteiger charge is -2.34. The molecular formula is C22H25FN6O5S. The van der Waals surface area contributed by atoms with Crippen LogP contribution in [0.2, 0.25) is 0 Å². The van der Waals surface area contributed by atoms with E-state index < -0.39 is 21.9 Å². The van der Waals surface area contributed by atoms with Crippen LogP contribution in [0.4, 0.5) is 15.8 Å².